The Morgan fingerprint density at radius 2 is 2.42 bits per heavy atom. The summed E-state index contributed by atoms with van der Waals surface area (Å²) in [6.07, 6.45) is 1.45. The summed E-state index contributed by atoms with van der Waals surface area (Å²) in [6.45, 7) is 5.72. The molecule has 1 N–H and O–H groups in total. The van der Waals surface area contributed by atoms with E-state index in [1.807, 2.05) is 0 Å². The monoisotopic (exact) mass is 173 g/mol. The van der Waals surface area contributed by atoms with E-state index in [2.05, 4.69) is 11.9 Å². The van der Waals surface area contributed by atoms with Crippen molar-refractivity contribution in [1.82, 2.24) is 5.32 Å². The number of nitrogens with one attached hydrogen (secondary N) is 1. The van der Waals surface area contributed by atoms with Crippen LogP contribution in [0.5, 0.6) is 0 Å². The average molecular weight is 173 g/mol. The van der Waals surface area contributed by atoms with E-state index < -0.39 is 0 Å². The molecule has 0 fully saturated rings. The maximum Gasteiger partial charge on any atom is 0.302 e. The summed E-state index contributed by atoms with van der Waals surface area (Å²) in [5.74, 6) is -0.296. The predicted molar refractivity (Wildman–Crippen MR) is 45.6 cm³/mol. The minimum Gasteiger partial charge on any atom is -0.463 e. The van der Waals surface area contributed by atoms with Gasteiger partial charge in [-0.3, -0.25) is 4.79 Å². The van der Waals surface area contributed by atoms with Crippen LogP contribution in [0.25, 0.3) is 0 Å². The maximum atomic E-state index is 10.4. The van der Waals surface area contributed by atoms with Gasteiger partial charge in [0.25, 0.3) is 0 Å². The third-order valence-electron chi connectivity index (χ3n) is 1.30. The van der Waals surface area contributed by atoms with Gasteiger partial charge in [0.1, 0.15) is 12.7 Å². The number of rotatable bonds is 6. The smallest absolute Gasteiger partial charge is 0.302 e. The van der Waals surface area contributed by atoms with E-state index in [0.29, 0.717) is 6.54 Å². The van der Waals surface area contributed by atoms with Crippen LogP contribution in [0.1, 0.15) is 6.92 Å². The van der Waals surface area contributed by atoms with Crippen molar-refractivity contribution in [1.29, 1.82) is 0 Å². The van der Waals surface area contributed by atoms with E-state index in [-0.39, 0.29) is 18.7 Å². The first-order chi connectivity index (χ1) is 5.70. The first-order valence-electron chi connectivity index (χ1n) is 3.71. The fourth-order valence-corrected chi connectivity index (χ4v) is 0.635. The van der Waals surface area contributed by atoms with E-state index in [1.54, 1.807) is 13.3 Å². The van der Waals surface area contributed by atoms with E-state index in [9.17, 15) is 4.79 Å². The molecule has 0 aliphatic rings. The zero-order valence-electron chi connectivity index (χ0n) is 7.50. The molecule has 12 heavy (non-hydrogen) atoms. The molecule has 0 spiro atoms. The molecule has 1 unspecified atom stereocenters. The fraction of sp³-hybridized carbons (Fsp3) is 0.625. The van der Waals surface area contributed by atoms with Crippen molar-refractivity contribution in [3.05, 3.63) is 12.8 Å². The first kappa shape index (κ1) is 11.0. The second-order valence-corrected chi connectivity index (χ2v) is 2.27. The topological polar surface area (TPSA) is 47.6 Å². The SMILES string of the molecule is C=CNCC(COC(C)=O)OC. The zero-order valence-corrected chi connectivity index (χ0v) is 7.50. The molecule has 0 saturated carbocycles. The number of methoxy groups -OCH3 is 1. The van der Waals surface area contributed by atoms with Crippen LogP contribution >= 0.6 is 0 Å². The summed E-state index contributed by atoms with van der Waals surface area (Å²) in [7, 11) is 1.57. The van der Waals surface area contributed by atoms with Crippen molar-refractivity contribution < 1.29 is 14.3 Å². The molecule has 0 saturated heterocycles. The van der Waals surface area contributed by atoms with Gasteiger partial charge in [0.2, 0.25) is 0 Å². The molecule has 0 aliphatic carbocycles. The Morgan fingerprint density at radius 3 is 2.83 bits per heavy atom. The van der Waals surface area contributed by atoms with Gasteiger partial charge in [-0.25, -0.2) is 0 Å². The van der Waals surface area contributed by atoms with Crippen LogP contribution in [-0.4, -0.2) is 32.3 Å². The van der Waals surface area contributed by atoms with Crippen molar-refractivity contribution in [3.8, 4) is 0 Å². The Balaban J connectivity index is 3.52. The number of esters is 1. The average Bonchev–Trinajstić information content (AvgIpc) is 2.05. The third kappa shape index (κ3) is 5.73. The molecule has 0 aliphatic heterocycles. The van der Waals surface area contributed by atoms with Crippen molar-refractivity contribution in [2.24, 2.45) is 0 Å². The Bertz CT molecular complexity index is 147. The molecule has 0 radical (unpaired) electrons. The third-order valence-corrected chi connectivity index (χ3v) is 1.30. The van der Waals surface area contributed by atoms with Gasteiger partial charge >= 0.3 is 5.97 Å². The van der Waals surface area contributed by atoms with Gasteiger partial charge in [-0.05, 0) is 6.20 Å². The highest BCUT2D eigenvalue weighted by Crippen LogP contribution is 1.90. The summed E-state index contributed by atoms with van der Waals surface area (Å²) in [6, 6.07) is 0. The van der Waals surface area contributed by atoms with Crippen LogP contribution < -0.4 is 5.32 Å². The van der Waals surface area contributed by atoms with Gasteiger partial charge in [-0.1, -0.05) is 6.58 Å². The maximum absolute atomic E-state index is 10.4. The van der Waals surface area contributed by atoms with E-state index in [1.165, 1.54) is 6.92 Å². The highest BCUT2D eigenvalue weighted by atomic mass is 16.6. The fourth-order valence-electron chi connectivity index (χ4n) is 0.635. The first-order valence-corrected chi connectivity index (χ1v) is 3.71. The van der Waals surface area contributed by atoms with Crippen LogP contribution in [0.15, 0.2) is 12.8 Å². The summed E-state index contributed by atoms with van der Waals surface area (Å²) < 4.78 is 9.77. The molecule has 4 heteroatoms. The van der Waals surface area contributed by atoms with Gasteiger partial charge in [0, 0.05) is 20.6 Å². The van der Waals surface area contributed by atoms with E-state index in [4.69, 9.17) is 9.47 Å². The minimum atomic E-state index is -0.296. The normalized spacial score (nSPS) is 11.8. The summed E-state index contributed by atoms with van der Waals surface area (Å²) in [5, 5.41) is 2.87. The lowest BCUT2D eigenvalue weighted by Gasteiger charge is -2.14. The lowest BCUT2D eigenvalue weighted by molar-refractivity contribution is -0.144. The number of carbonyl (C=O) groups excluding carboxylic acids is 1. The van der Waals surface area contributed by atoms with E-state index >= 15 is 0 Å². The Hall–Kier alpha value is -1.03. The molecular formula is C8H15NO3. The van der Waals surface area contributed by atoms with Crippen molar-refractivity contribution in [2.45, 2.75) is 13.0 Å². The second kappa shape index (κ2) is 6.67. The Morgan fingerprint density at radius 1 is 1.75 bits per heavy atom. The van der Waals surface area contributed by atoms with Crippen LogP contribution in [-0.2, 0) is 14.3 Å². The highest BCUT2D eigenvalue weighted by Gasteiger charge is 2.07. The molecule has 0 bridgehead atoms. The minimum absolute atomic E-state index is 0.119. The van der Waals surface area contributed by atoms with Crippen molar-refractivity contribution in [2.75, 3.05) is 20.3 Å². The summed E-state index contributed by atoms with van der Waals surface area (Å²) >= 11 is 0. The molecule has 4 nitrogen and oxygen atoms in total. The molecule has 0 aromatic rings. The van der Waals surface area contributed by atoms with Gasteiger partial charge < -0.3 is 14.8 Å². The summed E-state index contributed by atoms with van der Waals surface area (Å²) in [5.41, 5.74) is 0. The largest absolute Gasteiger partial charge is 0.463 e. The van der Waals surface area contributed by atoms with Crippen LogP contribution in [0, 0.1) is 0 Å². The lowest BCUT2D eigenvalue weighted by atomic mass is 10.4. The van der Waals surface area contributed by atoms with Crippen LogP contribution in [0.4, 0.5) is 0 Å². The molecule has 70 valence electrons. The Labute approximate surface area is 72.5 Å². The van der Waals surface area contributed by atoms with Gasteiger partial charge in [0.15, 0.2) is 0 Å². The van der Waals surface area contributed by atoms with Crippen LogP contribution in [0.2, 0.25) is 0 Å². The molecule has 0 aromatic carbocycles. The molecule has 0 amide bonds. The number of hydrogen-bond donors (Lipinski definition) is 1. The molecule has 0 aromatic heterocycles. The second-order valence-electron chi connectivity index (χ2n) is 2.27. The Kier molecular flexibility index (Phi) is 6.09. The standard InChI is InChI=1S/C8H15NO3/c1-4-9-5-8(11-3)6-12-7(2)10/h4,8-9H,1,5-6H2,2-3H3. The predicted octanol–water partition coefficient (Wildman–Crippen LogP) is 0.298. The van der Waals surface area contributed by atoms with Crippen molar-refractivity contribution >= 4 is 5.97 Å². The summed E-state index contributed by atoms with van der Waals surface area (Å²) in [4.78, 5) is 10.4. The lowest BCUT2D eigenvalue weighted by Crippen LogP contribution is -2.30. The molecule has 0 rings (SSSR count). The number of ether oxygens (including phenoxy) is 2. The van der Waals surface area contributed by atoms with E-state index in [0.717, 1.165) is 0 Å². The molecular weight excluding hydrogens is 158 g/mol. The quantitative estimate of drug-likeness (QED) is 0.587. The van der Waals surface area contributed by atoms with Gasteiger partial charge in [0.05, 0.1) is 0 Å². The number of carbonyl (C=O) groups is 1. The van der Waals surface area contributed by atoms with Crippen LogP contribution in [0.3, 0.4) is 0 Å². The van der Waals surface area contributed by atoms with Gasteiger partial charge in [-0.15, -0.1) is 0 Å². The molecule has 0 heterocycles. The van der Waals surface area contributed by atoms with Gasteiger partial charge in [-0.2, -0.15) is 0 Å². The highest BCUT2D eigenvalue weighted by molar-refractivity contribution is 5.65. The zero-order chi connectivity index (χ0) is 9.40. The number of hydrogen-bond acceptors (Lipinski definition) is 4. The van der Waals surface area contributed by atoms with Crippen molar-refractivity contribution in [3.63, 3.8) is 0 Å². The molecule has 1 atom stereocenters.